The molecule has 8 heteroatoms. The van der Waals surface area contributed by atoms with Gasteiger partial charge in [-0.05, 0) is 303 Å². The van der Waals surface area contributed by atoms with E-state index in [9.17, 15) is 0 Å². The molecule has 13 rings (SSSR count). The second-order valence-electron chi connectivity index (χ2n) is 38.4. The molecule has 0 bridgehead atoms. The summed E-state index contributed by atoms with van der Waals surface area (Å²) in [7, 11) is 0. The fraction of sp³-hybridized carbons (Fsp3) is 0.268. The van der Waals surface area contributed by atoms with Crippen molar-refractivity contribution in [1.29, 1.82) is 10.8 Å². The van der Waals surface area contributed by atoms with Crippen molar-refractivity contribution in [2.75, 3.05) is 10.6 Å². The fourth-order valence-electron chi connectivity index (χ4n) is 15.2. The van der Waals surface area contributed by atoms with Gasteiger partial charge < -0.3 is 10.6 Å². The third-order valence-electron chi connectivity index (χ3n) is 22.4. The molecule has 13 aromatic rings. The Morgan fingerprint density at radius 1 is 0.242 bits per heavy atom. The van der Waals surface area contributed by atoms with Crippen molar-refractivity contribution in [3.63, 3.8) is 0 Å². The predicted octanol–water partition coefficient (Wildman–Crippen LogP) is 30.7. The fourth-order valence-corrected chi connectivity index (χ4v) is 15.2. The Hall–Kier alpha value is -10.6. The molecule has 0 saturated heterocycles. The van der Waals surface area contributed by atoms with Gasteiger partial charge in [-0.15, -0.1) is 71.3 Å². The van der Waals surface area contributed by atoms with Crippen LogP contribution in [-0.4, -0.2) is 23.3 Å². The molecule has 0 aliphatic rings. The van der Waals surface area contributed by atoms with Gasteiger partial charge in [0.15, 0.2) is 0 Å². The monoisotopic (exact) mass is 1930 g/mol. The molecule has 120 heavy (non-hydrogen) atoms. The summed E-state index contributed by atoms with van der Waals surface area (Å²) in [5.41, 5.74) is 37.3. The summed E-state index contributed by atoms with van der Waals surface area (Å²) in [6.07, 6.45) is 0. The molecule has 0 heterocycles. The van der Waals surface area contributed by atoms with E-state index < -0.39 is 0 Å². The summed E-state index contributed by atoms with van der Waals surface area (Å²) in [4.78, 5) is 9.31. The second kappa shape index (κ2) is 37.2. The van der Waals surface area contributed by atoms with E-state index in [4.69, 9.17) is 15.8 Å². The van der Waals surface area contributed by atoms with Gasteiger partial charge in [0.1, 0.15) is 11.7 Å². The largest absolute Gasteiger partial charge is 0.379 e. The molecule has 4 N–H and O–H groups in total. The average Bonchev–Trinajstić information content (AvgIpc) is 0.788. The van der Waals surface area contributed by atoms with E-state index >= 15 is 0 Å². The van der Waals surface area contributed by atoms with Crippen LogP contribution in [0, 0.1) is 50.6 Å². The topological polar surface area (TPSA) is 96.5 Å². The number of nitrogens with zero attached hydrogens (tertiary/aromatic N) is 2. The molecule has 0 aliphatic carbocycles. The Morgan fingerprint density at radius 2 is 0.450 bits per heavy atom. The molecule has 618 valence electrons. The SMILES string of the molecule is CC(=N)N=C(Nc1c(C)cc(-c2cc(-c3ccc(C(C)(C)C)cc3)cc(-c3ccc(C(C)(C)C)cc3)c2)cc1C)c1[c-]ccc(-c2cc(-c3ccc(C(C)(C)C)cc3)cc(-c3ccc(C(C)(C)C)cc3)c2)c1.CC(=N)N=C(Nc1c(C)cc(-c2cc(-c3ccc(C(C)(C)C)cc3)cc(-c3ccc(C(C)(C)C)cc3)c2)cc1C)c1[c-]cccc1.[Ir].[Ir]. The number of benzene rings is 13. The Morgan fingerprint density at radius 3 is 0.667 bits per heavy atom. The molecule has 0 unspecified atom stereocenters. The van der Waals surface area contributed by atoms with E-state index in [-0.39, 0.29) is 84.4 Å². The summed E-state index contributed by atoms with van der Waals surface area (Å²) in [6, 6.07) is 105. The van der Waals surface area contributed by atoms with Crippen molar-refractivity contribution >= 4 is 34.7 Å². The average molecular weight is 1930 g/mol. The first kappa shape index (κ1) is 91.7. The Bertz CT molecular complexity index is 5610. The van der Waals surface area contributed by atoms with Crippen molar-refractivity contribution < 1.29 is 40.2 Å². The van der Waals surface area contributed by atoms with Gasteiger partial charge in [0, 0.05) is 51.6 Å². The normalized spacial score (nSPS) is 12.2. The van der Waals surface area contributed by atoms with Crippen LogP contribution < -0.4 is 10.6 Å². The van der Waals surface area contributed by atoms with Gasteiger partial charge in [-0.3, -0.25) is 20.8 Å². The first-order valence-corrected chi connectivity index (χ1v) is 41.6. The first-order chi connectivity index (χ1) is 55.5. The van der Waals surface area contributed by atoms with Gasteiger partial charge in [-0.2, -0.15) is 0 Å². The van der Waals surface area contributed by atoms with E-state index in [2.05, 4.69) is 417 Å². The molecule has 0 atom stereocenters. The Balaban J connectivity index is 0.000000272. The first-order valence-electron chi connectivity index (χ1n) is 41.6. The van der Waals surface area contributed by atoms with E-state index in [1.807, 2.05) is 30.3 Å². The maximum Gasteiger partial charge on any atom is 0.109 e. The summed E-state index contributed by atoms with van der Waals surface area (Å²) in [6.45, 7) is 52.6. The van der Waals surface area contributed by atoms with Gasteiger partial charge in [-0.25, -0.2) is 0 Å². The molecule has 0 saturated carbocycles. The zero-order valence-electron chi connectivity index (χ0n) is 75.0. The number of amidine groups is 4. The van der Waals surface area contributed by atoms with Gasteiger partial charge in [-0.1, -0.05) is 270 Å². The van der Waals surface area contributed by atoms with Crippen molar-refractivity contribution in [3.05, 3.63) is 346 Å². The number of hydrogen-bond donors (Lipinski definition) is 4. The molecule has 13 aromatic carbocycles. The summed E-state index contributed by atoms with van der Waals surface area (Å²) in [5.74, 6) is 1.65. The molecule has 0 amide bonds. The summed E-state index contributed by atoms with van der Waals surface area (Å²) in [5, 5.41) is 23.9. The van der Waals surface area contributed by atoms with E-state index in [0.717, 1.165) is 83.7 Å². The number of rotatable bonds is 13. The third kappa shape index (κ3) is 22.7. The van der Waals surface area contributed by atoms with E-state index in [1.54, 1.807) is 13.8 Å². The zero-order chi connectivity index (χ0) is 85.1. The number of nitrogens with one attached hydrogen (secondary N) is 4. The van der Waals surface area contributed by atoms with Gasteiger partial charge >= 0.3 is 0 Å². The van der Waals surface area contributed by atoms with Crippen LogP contribution in [0.25, 0.3) is 100 Å². The Labute approximate surface area is 745 Å². The minimum atomic E-state index is 0. The van der Waals surface area contributed by atoms with Crippen molar-refractivity contribution in [2.24, 2.45) is 9.98 Å². The van der Waals surface area contributed by atoms with Crippen LogP contribution in [0.2, 0.25) is 0 Å². The van der Waals surface area contributed by atoms with Crippen molar-refractivity contribution in [1.82, 2.24) is 0 Å². The van der Waals surface area contributed by atoms with E-state index in [0.29, 0.717) is 11.7 Å². The molecule has 6 nitrogen and oxygen atoms in total. The minimum Gasteiger partial charge on any atom is -0.379 e. The number of aryl methyl sites for hydroxylation is 4. The molecule has 2 radical (unpaired) electrons. The summed E-state index contributed by atoms with van der Waals surface area (Å²) >= 11 is 0. The molecule has 0 aromatic heterocycles. The van der Waals surface area contributed by atoms with Gasteiger partial charge in [0.2, 0.25) is 0 Å². The van der Waals surface area contributed by atoms with Gasteiger partial charge in [0.25, 0.3) is 0 Å². The van der Waals surface area contributed by atoms with Crippen LogP contribution >= 0.6 is 0 Å². The van der Waals surface area contributed by atoms with Crippen LogP contribution in [-0.2, 0) is 72.7 Å². The number of aliphatic imine (C=N–C) groups is 2. The molecule has 0 spiro atoms. The predicted molar refractivity (Wildman–Crippen MR) is 511 cm³/mol. The van der Waals surface area contributed by atoms with Crippen molar-refractivity contribution in [3.8, 4) is 100 Å². The third-order valence-corrected chi connectivity index (χ3v) is 22.4. The zero-order valence-corrected chi connectivity index (χ0v) is 79.8. The standard InChI is InChI=1S/C69H74N3.C43H46N3.2Ir/c1-44-35-53(59-42-56(49-23-31-62(32-24-49)68(10,11)12)39-57(43-59)50-25-33-63(34-26-50)69(13,14)15)36-45(2)64(44)72-65(71-46(3)70)52-18-16-17-51(37-52)58-40-54(47-19-27-60(28-20-47)66(4,5)6)38-55(41-58)48-21-29-61(30-22-48)67(7,8)9;1-28-23-34(24-29(2)40(28)46-41(45-30(3)44)33-13-11-10-12-14-33)37-26-35(31-15-19-38(20-16-31)42(4,5)6)25-36(27-37)32-17-21-39(22-18-32)43(7,8)9;;/h16-17,19-43H,1-15H3,(H2,70,71,72);10-13,15-27H,1-9H3,(H2,44,45,46);;/q2*-1;;. The van der Waals surface area contributed by atoms with E-state index in [1.165, 1.54) is 94.6 Å². The number of anilines is 2. The van der Waals surface area contributed by atoms with Crippen LogP contribution in [0.15, 0.2) is 277 Å². The second-order valence-corrected chi connectivity index (χ2v) is 38.4. The van der Waals surface area contributed by atoms with Crippen LogP contribution in [0.5, 0.6) is 0 Å². The molecular formula is C112H120Ir2N6-2. The molecular weight excluding hydrogens is 1810 g/mol. The summed E-state index contributed by atoms with van der Waals surface area (Å²) < 4.78 is 0. The van der Waals surface area contributed by atoms with Gasteiger partial charge in [0.05, 0.1) is 11.7 Å². The maximum absolute atomic E-state index is 8.59. The quantitative estimate of drug-likeness (QED) is 0.0526. The maximum atomic E-state index is 8.59. The number of hydrogen-bond acceptors (Lipinski definition) is 2. The van der Waals surface area contributed by atoms with Crippen LogP contribution in [0.1, 0.15) is 205 Å². The van der Waals surface area contributed by atoms with Crippen LogP contribution in [0.3, 0.4) is 0 Å². The molecule has 0 fully saturated rings. The van der Waals surface area contributed by atoms with Crippen LogP contribution in [0.4, 0.5) is 11.4 Å². The smallest absolute Gasteiger partial charge is 0.109 e. The minimum absolute atomic E-state index is 0. The molecule has 0 aliphatic heterocycles. The Kier molecular flexibility index (Phi) is 28.4. The van der Waals surface area contributed by atoms with Crippen molar-refractivity contribution in [2.45, 2.75) is 199 Å².